The number of nitrogens with zero attached hydrogens (tertiary/aromatic N) is 3. The number of benzene rings is 2. The van der Waals surface area contributed by atoms with Crippen LogP contribution in [0.2, 0.25) is 4.94 Å². The van der Waals surface area contributed by atoms with Crippen LogP contribution in [0.15, 0.2) is 65.8 Å². The third kappa shape index (κ3) is 4.58. The van der Waals surface area contributed by atoms with Gasteiger partial charge in [-0.05, 0) is 0 Å². The topological polar surface area (TPSA) is 83.9 Å². The second-order valence-corrected chi connectivity index (χ2v) is 22.4. The first-order valence-corrected chi connectivity index (χ1v) is 21.1. The Morgan fingerprint density at radius 1 is 1.13 bits per heavy atom. The molecule has 6 rings (SSSR count). The average Bonchev–Trinajstić information content (AvgIpc) is 3.53. The minimum absolute atomic E-state index is 0.0241. The van der Waals surface area contributed by atoms with Gasteiger partial charge in [0.25, 0.3) is 0 Å². The van der Waals surface area contributed by atoms with Gasteiger partial charge in [-0.1, -0.05) is 0 Å². The van der Waals surface area contributed by atoms with Gasteiger partial charge < -0.3 is 0 Å². The number of nitrogens with one attached hydrogen (secondary N) is 1. The molecule has 2 aromatic heterocycles. The molecule has 0 spiro atoms. The van der Waals surface area contributed by atoms with Crippen molar-refractivity contribution in [1.29, 1.82) is 0 Å². The van der Waals surface area contributed by atoms with Crippen molar-refractivity contribution in [3.05, 3.63) is 71.2 Å². The first-order valence-electron chi connectivity index (χ1n) is 13.2. The molecule has 7 nitrogen and oxygen atoms in total. The number of ether oxygens (including phenoxy) is 1. The molecule has 2 aliphatic rings. The van der Waals surface area contributed by atoms with Crippen LogP contribution in [0, 0.1) is 6.92 Å². The van der Waals surface area contributed by atoms with Crippen LogP contribution >= 0.6 is 11.3 Å². The fourth-order valence-corrected chi connectivity index (χ4v) is 17.1. The Morgan fingerprint density at radius 3 is 2.64 bits per heavy atom. The summed E-state index contributed by atoms with van der Waals surface area (Å²) in [6, 6.07) is 18.1. The van der Waals surface area contributed by atoms with Crippen molar-refractivity contribution < 1.29 is 14.3 Å². The summed E-state index contributed by atoms with van der Waals surface area (Å²) in [5.74, 6) is 1.21. The molecule has 2 aromatic carbocycles. The van der Waals surface area contributed by atoms with E-state index in [4.69, 9.17) is 4.74 Å². The predicted molar refractivity (Wildman–Crippen MR) is 160 cm³/mol. The number of amides is 2. The van der Waals surface area contributed by atoms with Gasteiger partial charge in [0.05, 0.1) is 0 Å². The molecule has 198 valence electrons. The number of hydrogen-bond donors (Lipinski definition) is 1. The molecule has 1 atom stereocenters. The summed E-state index contributed by atoms with van der Waals surface area (Å²) < 4.78 is 8.19. The number of carbonyl (C=O) groups is 2. The van der Waals surface area contributed by atoms with Crippen LogP contribution in [-0.4, -0.2) is 62.9 Å². The number of carbonyl (C=O) groups excluding carboxylic acids is 2. The van der Waals surface area contributed by atoms with Crippen LogP contribution in [0.5, 0.6) is 11.5 Å². The molecular formula is C30H30N4O3SSn. The Kier molecular flexibility index (Phi) is 6.81. The van der Waals surface area contributed by atoms with E-state index >= 15 is 0 Å². The number of likely N-dealkylation sites (tertiary alicyclic amines) is 1. The molecule has 4 heterocycles. The standard InChI is InChI=1S/C16H16N4O2S.C13H11O.CH3.Sn/c1-10(2)20-7-5-11(8-20)19-15(22)14-13(18-9-21)12-4-3-6-17-16(12)23-14;1-11-6-5-9-13(10-11)14-12-7-3-2-4-8-12;;/h3,6,10H,5,7-8H2,1-2H3,(H,18,21);2-5,7-10H,1H3;1H3;. The van der Waals surface area contributed by atoms with Gasteiger partial charge in [-0.15, -0.1) is 0 Å². The van der Waals surface area contributed by atoms with E-state index in [0.29, 0.717) is 23.2 Å². The number of rotatable bonds is 5. The normalized spacial score (nSPS) is 20.1. The minimum atomic E-state index is -3.88. The van der Waals surface area contributed by atoms with Gasteiger partial charge in [0.2, 0.25) is 0 Å². The van der Waals surface area contributed by atoms with Crippen molar-refractivity contribution >= 4 is 68.3 Å². The van der Waals surface area contributed by atoms with Gasteiger partial charge in [0, 0.05) is 0 Å². The van der Waals surface area contributed by atoms with Crippen LogP contribution in [0.25, 0.3) is 10.2 Å². The fourth-order valence-electron chi connectivity index (χ4n) is 5.61. The molecule has 1 fully saturated rings. The van der Waals surface area contributed by atoms with E-state index < -0.39 is 18.4 Å². The summed E-state index contributed by atoms with van der Waals surface area (Å²) in [6.07, 6.45) is 2.56. The van der Waals surface area contributed by atoms with Gasteiger partial charge in [-0.2, -0.15) is 0 Å². The number of pyridine rings is 1. The zero-order valence-corrected chi connectivity index (χ0v) is 26.1. The van der Waals surface area contributed by atoms with Crippen LogP contribution in [0.3, 0.4) is 0 Å². The maximum absolute atomic E-state index is 14.0. The first kappa shape index (κ1) is 26.2. The summed E-state index contributed by atoms with van der Waals surface area (Å²) >= 11 is -2.56. The first-order chi connectivity index (χ1) is 18.8. The van der Waals surface area contributed by atoms with Crippen molar-refractivity contribution in [1.82, 2.24) is 9.88 Å². The summed E-state index contributed by atoms with van der Waals surface area (Å²) in [7, 11) is 0. The fraction of sp³-hybridized carbons (Fsp3) is 0.267. The van der Waals surface area contributed by atoms with E-state index in [2.05, 4.69) is 39.0 Å². The molecule has 1 N–H and O–H groups in total. The summed E-state index contributed by atoms with van der Waals surface area (Å²) in [6.45, 7) is 7.96. The van der Waals surface area contributed by atoms with Gasteiger partial charge in [0.1, 0.15) is 0 Å². The summed E-state index contributed by atoms with van der Waals surface area (Å²) in [5, 5.41) is 4.08. The molecule has 0 aliphatic carbocycles. The van der Waals surface area contributed by atoms with Crippen LogP contribution in [-0.2, 0) is 0 Å². The average molecular weight is 645 g/mol. The number of thiophene rings is 1. The number of aryl methyl sites for hydroxylation is 1. The van der Waals surface area contributed by atoms with Crippen molar-refractivity contribution in [3.63, 3.8) is 0 Å². The van der Waals surface area contributed by atoms with Crippen LogP contribution < -0.4 is 17.2 Å². The quantitative estimate of drug-likeness (QED) is 0.294. The predicted octanol–water partition coefficient (Wildman–Crippen LogP) is 5.41. The van der Waals surface area contributed by atoms with E-state index in [9.17, 15) is 9.59 Å². The van der Waals surface area contributed by atoms with Gasteiger partial charge in [-0.25, -0.2) is 0 Å². The number of aliphatic imine (C=N–C) groups is 1. The zero-order chi connectivity index (χ0) is 27.3. The monoisotopic (exact) mass is 646 g/mol. The maximum atomic E-state index is 14.0. The van der Waals surface area contributed by atoms with Crippen molar-refractivity contribution in [2.75, 3.05) is 18.4 Å². The van der Waals surface area contributed by atoms with E-state index in [1.165, 1.54) is 11.3 Å². The molecule has 1 saturated heterocycles. The second-order valence-electron chi connectivity index (χ2n) is 10.6. The molecule has 0 radical (unpaired) electrons. The van der Waals surface area contributed by atoms with Crippen molar-refractivity contribution in [2.24, 2.45) is 4.99 Å². The van der Waals surface area contributed by atoms with E-state index in [0.717, 1.165) is 53.1 Å². The zero-order valence-electron chi connectivity index (χ0n) is 22.4. The molecule has 9 heteroatoms. The second kappa shape index (κ2) is 10.1. The number of aromatic nitrogens is 1. The Labute approximate surface area is 235 Å². The van der Waals surface area contributed by atoms with E-state index in [1.54, 1.807) is 6.20 Å². The number of para-hydroxylation sites is 1. The van der Waals surface area contributed by atoms with Gasteiger partial charge in [-0.3, -0.25) is 0 Å². The molecule has 2 amide bonds. The van der Waals surface area contributed by atoms with Crippen molar-refractivity contribution in [2.45, 2.75) is 38.2 Å². The summed E-state index contributed by atoms with van der Waals surface area (Å²) in [5.41, 5.74) is 2.50. The SMILES string of the molecule is Cc1cc(Oc2ccccc2)cc[c]1[Sn]1([CH3])[C](=O)Nc2c(C(=O)N=C3CCN(C(C)C)C3)sc3ncc[c]1c23. The third-order valence-electron chi connectivity index (χ3n) is 7.80. The Bertz CT molecular complexity index is 1650. The molecule has 0 saturated carbocycles. The van der Waals surface area contributed by atoms with E-state index in [1.807, 2.05) is 61.5 Å². The van der Waals surface area contributed by atoms with Crippen molar-refractivity contribution in [3.8, 4) is 11.5 Å². The molecule has 1 unspecified atom stereocenters. The summed E-state index contributed by atoms with van der Waals surface area (Å²) in [4.78, 5) is 42.1. The van der Waals surface area contributed by atoms with Gasteiger partial charge >= 0.3 is 237 Å². The van der Waals surface area contributed by atoms with Crippen LogP contribution in [0.1, 0.15) is 35.5 Å². The molecule has 2 aliphatic heterocycles. The van der Waals surface area contributed by atoms with Gasteiger partial charge in [0.15, 0.2) is 0 Å². The van der Waals surface area contributed by atoms with Crippen LogP contribution in [0.4, 0.5) is 10.5 Å². The third-order valence-corrected chi connectivity index (χ3v) is 20.8. The Hall–Kier alpha value is -3.08. The number of anilines is 1. The Balaban J connectivity index is 1.38. The Morgan fingerprint density at radius 2 is 1.92 bits per heavy atom. The molecule has 39 heavy (non-hydrogen) atoms. The molecule has 0 bridgehead atoms. The van der Waals surface area contributed by atoms with E-state index in [-0.39, 0.29) is 9.83 Å². The molecule has 4 aromatic rings. The molecular weight excluding hydrogens is 615 g/mol. The number of hydrogen-bond acceptors (Lipinski definition) is 6.